The van der Waals surface area contributed by atoms with Crippen molar-refractivity contribution in [1.29, 1.82) is 0 Å². The smallest absolute Gasteiger partial charge is 0.223 e. The number of amides is 1. The van der Waals surface area contributed by atoms with Gasteiger partial charge in [0.2, 0.25) is 5.91 Å². The van der Waals surface area contributed by atoms with Gasteiger partial charge in [0.1, 0.15) is 0 Å². The first-order valence-electron chi connectivity index (χ1n) is 6.52. The van der Waals surface area contributed by atoms with Gasteiger partial charge in [0.25, 0.3) is 0 Å². The van der Waals surface area contributed by atoms with E-state index in [1.165, 1.54) is 6.42 Å². The Kier molecular flexibility index (Phi) is 4.55. The molecule has 0 heterocycles. The van der Waals surface area contributed by atoms with Crippen LogP contribution in [-0.4, -0.2) is 41.1 Å². The monoisotopic (exact) mass is 242 g/mol. The molecule has 0 radical (unpaired) electrons. The first-order valence-corrected chi connectivity index (χ1v) is 6.52. The van der Waals surface area contributed by atoms with Gasteiger partial charge >= 0.3 is 0 Å². The summed E-state index contributed by atoms with van der Waals surface area (Å²) in [6.45, 7) is 7.03. The van der Waals surface area contributed by atoms with E-state index >= 15 is 0 Å². The van der Waals surface area contributed by atoms with E-state index in [0.29, 0.717) is 26.1 Å². The second-order valence-corrected chi connectivity index (χ2v) is 5.95. The first-order chi connectivity index (χ1) is 7.82. The second kappa shape index (κ2) is 5.36. The molecule has 0 bridgehead atoms. The van der Waals surface area contributed by atoms with Crippen LogP contribution >= 0.6 is 0 Å². The van der Waals surface area contributed by atoms with E-state index in [1.54, 1.807) is 18.7 Å². The van der Waals surface area contributed by atoms with Gasteiger partial charge in [-0.1, -0.05) is 6.42 Å². The quantitative estimate of drug-likeness (QED) is 0.733. The molecule has 0 atom stereocenters. The summed E-state index contributed by atoms with van der Waals surface area (Å²) in [4.78, 5) is 13.9. The van der Waals surface area contributed by atoms with Crippen LogP contribution in [0.5, 0.6) is 0 Å². The molecular weight excluding hydrogens is 216 g/mol. The summed E-state index contributed by atoms with van der Waals surface area (Å²) in [6, 6.07) is 0. The molecule has 4 heteroatoms. The van der Waals surface area contributed by atoms with Gasteiger partial charge in [-0.2, -0.15) is 0 Å². The summed E-state index contributed by atoms with van der Waals surface area (Å²) in [6.07, 6.45) is 3.85. The number of carbonyl (C=O) groups is 1. The van der Waals surface area contributed by atoms with Crippen molar-refractivity contribution in [1.82, 2.24) is 4.90 Å². The van der Waals surface area contributed by atoms with Gasteiger partial charge in [-0.25, -0.2) is 0 Å². The third kappa shape index (κ3) is 3.96. The highest BCUT2D eigenvalue weighted by Crippen LogP contribution is 2.43. The minimum atomic E-state index is -0.832. The minimum absolute atomic E-state index is 0.0457. The van der Waals surface area contributed by atoms with Crippen LogP contribution in [0.4, 0.5) is 0 Å². The average molecular weight is 242 g/mol. The Morgan fingerprint density at radius 1 is 1.47 bits per heavy atom. The van der Waals surface area contributed by atoms with Gasteiger partial charge in [0.05, 0.1) is 5.60 Å². The molecule has 0 aromatic carbocycles. The number of nitrogens with zero attached hydrogens (tertiary/aromatic N) is 1. The lowest BCUT2D eigenvalue weighted by Crippen LogP contribution is -2.46. The van der Waals surface area contributed by atoms with Crippen LogP contribution in [0.15, 0.2) is 0 Å². The van der Waals surface area contributed by atoms with E-state index in [2.05, 4.69) is 0 Å². The van der Waals surface area contributed by atoms with Crippen molar-refractivity contribution in [2.24, 2.45) is 11.1 Å². The maximum Gasteiger partial charge on any atom is 0.223 e. The molecule has 0 unspecified atom stereocenters. The molecule has 1 aliphatic carbocycles. The van der Waals surface area contributed by atoms with Crippen LogP contribution < -0.4 is 5.73 Å². The van der Waals surface area contributed by atoms with E-state index in [1.807, 2.05) is 6.92 Å². The Morgan fingerprint density at radius 2 is 2.06 bits per heavy atom. The lowest BCUT2D eigenvalue weighted by molar-refractivity contribution is -0.137. The van der Waals surface area contributed by atoms with Crippen LogP contribution in [0.1, 0.15) is 46.5 Å². The lowest BCUT2D eigenvalue weighted by Gasteiger charge is -2.42. The molecule has 0 aromatic heterocycles. The molecule has 3 N–H and O–H groups in total. The Morgan fingerprint density at radius 3 is 2.35 bits per heavy atom. The maximum atomic E-state index is 12.2. The number of hydrogen-bond donors (Lipinski definition) is 2. The Hall–Kier alpha value is -0.610. The molecule has 1 aliphatic rings. The zero-order chi connectivity index (χ0) is 13.1. The largest absolute Gasteiger partial charge is 0.389 e. The molecule has 4 nitrogen and oxygen atoms in total. The second-order valence-electron chi connectivity index (χ2n) is 5.95. The molecule has 0 saturated heterocycles. The normalized spacial score (nSPS) is 18.6. The average Bonchev–Trinajstić information content (AvgIpc) is 2.18. The number of nitrogens with two attached hydrogens (primary N) is 1. The Labute approximate surface area is 104 Å². The van der Waals surface area contributed by atoms with Gasteiger partial charge in [-0.15, -0.1) is 0 Å². The van der Waals surface area contributed by atoms with Gasteiger partial charge in [-0.3, -0.25) is 4.79 Å². The summed E-state index contributed by atoms with van der Waals surface area (Å²) < 4.78 is 0. The van der Waals surface area contributed by atoms with Crippen molar-refractivity contribution in [2.75, 3.05) is 19.6 Å². The van der Waals surface area contributed by atoms with Gasteiger partial charge in [0, 0.05) is 19.5 Å². The van der Waals surface area contributed by atoms with Crippen LogP contribution in [0.3, 0.4) is 0 Å². The van der Waals surface area contributed by atoms with Crippen LogP contribution in [0.25, 0.3) is 0 Å². The predicted molar refractivity (Wildman–Crippen MR) is 68.5 cm³/mol. The molecule has 100 valence electrons. The van der Waals surface area contributed by atoms with Crippen molar-refractivity contribution in [3.05, 3.63) is 0 Å². The molecule has 0 aromatic rings. The highest BCUT2D eigenvalue weighted by molar-refractivity contribution is 5.77. The molecule has 1 amide bonds. The minimum Gasteiger partial charge on any atom is -0.389 e. The Bertz CT molecular complexity index is 262. The lowest BCUT2D eigenvalue weighted by atomic mass is 9.66. The number of aliphatic hydroxyl groups is 1. The van der Waals surface area contributed by atoms with Crippen molar-refractivity contribution >= 4 is 5.91 Å². The molecule has 17 heavy (non-hydrogen) atoms. The zero-order valence-corrected chi connectivity index (χ0v) is 11.3. The van der Waals surface area contributed by atoms with Crippen molar-refractivity contribution in [3.63, 3.8) is 0 Å². The fourth-order valence-electron chi connectivity index (χ4n) is 2.41. The van der Waals surface area contributed by atoms with Gasteiger partial charge in [0.15, 0.2) is 0 Å². The molecule has 0 aliphatic heterocycles. The highest BCUT2D eigenvalue weighted by atomic mass is 16.3. The van der Waals surface area contributed by atoms with Crippen LogP contribution in [0.2, 0.25) is 0 Å². The fourth-order valence-corrected chi connectivity index (χ4v) is 2.41. The van der Waals surface area contributed by atoms with Crippen molar-refractivity contribution in [3.8, 4) is 0 Å². The third-order valence-corrected chi connectivity index (χ3v) is 3.69. The summed E-state index contributed by atoms with van der Waals surface area (Å²) in [5, 5.41) is 9.78. The predicted octanol–water partition coefficient (Wildman–Crippen LogP) is 1.12. The summed E-state index contributed by atoms with van der Waals surface area (Å²) in [5.74, 6) is 0.125. The third-order valence-electron chi connectivity index (χ3n) is 3.69. The maximum absolute atomic E-state index is 12.2. The summed E-state index contributed by atoms with van der Waals surface area (Å²) in [5.41, 5.74) is 4.98. The molecule has 1 rings (SSSR count). The van der Waals surface area contributed by atoms with E-state index < -0.39 is 5.60 Å². The van der Waals surface area contributed by atoms with E-state index in [9.17, 15) is 9.90 Å². The van der Waals surface area contributed by atoms with E-state index in [4.69, 9.17) is 5.73 Å². The first kappa shape index (κ1) is 14.5. The summed E-state index contributed by atoms with van der Waals surface area (Å²) >= 11 is 0. The van der Waals surface area contributed by atoms with Gasteiger partial charge in [-0.05, 0) is 45.6 Å². The van der Waals surface area contributed by atoms with Crippen LogP contribution in [-0.2, 0) is 4.79 Å². The van der Waals surface area contributed by atoms with Crippen molar-refractivity contribution in [2.45, 2.75) is 52.1 Å². The SMILES string of the molecule is CCN(CC(C)(C)O)C(=O)CC1(CN)CCC1. The van der Waals surface area contributed by atoms with Gasteiger partial charge < -0.3 is 15.7 Å². The number of carbonyl (C=O) groups excluding carboxylic acids is 1. The molecule has 1 saturated carbocycles. The molecule has 1 fully saturated rings. The molecular formula is C13H26N2O2. The van der Waals surface area contributed by atoms with E-state index in [0.717, 1.165) is 12.8 Å². The van der Waals surface area contributed by atoms with E-state index in [-0.39, 0.29) is 11.3 Å². The topological polar surface area (TPSA) is 66.6 Å². The number of hydrogen-bond acceptors (Lipinski definition) is 3. The zero-order valence-electron chi connectivity index (χ0n) is 11.3. The number of likely N-dealkylation sites (N-methyl/N-ethyl adjacent to an activating group) is 1. The Balaban J connectivity index is 2.54. The summed E-state index contributed by atoms with van der Waals surface area (Å²) in [7, 11) is 0. The standard InChI is InChI=1S/C13H26N2O2/c1-4-15(10-12(2,3)17)11(16)8-13(9-14)6-5-7-13/h17H,4-10,14H2,1-3H3. The van der Waals surface area contributed by atoms with Crippen molar-refractivity contribution < 1.29 is 9.90 Å². The highest BCUT2D eigenvalue weighted by Gasteiger charge is 2.38. The van der Waals surface area contributed by atoms with Crippen LogP contribution in [0, 0.1) is 5.41 Å². The number of rotatable bonds is 6. The molecule has 0 spiro atoms. The fraction of sp³-hybridized carbons (Fsp3) is 0.923.